The first kappa shape index (κ1) is 11.6. The van der Waals surface area contributed by atoms with Crippen LogP contribution in [0, 0.1) is 6.92 Å². The van der Waals surface area contributed by atoms with Gasteiger partial charge >= 0.3 is 0 Å². The highest BCUT2D eigenvalue weighted by atomic mass is 15.0. The molecule has 18 heavy (non-hydrogen) atoms. The van der Waals surface area contributed by atoms with Crippen LogP contribution in [0.5, 0.6) is 0 Å². The molecule has 1 heteroatoms. The average molecular weight is 239 g/mol. The van der Waals surface area contributed by atoms with E-state index in [9.17, 15) is 0 Å². The summed E-state index contributed by atoms with van der Waals surface area (Å²) in [5, 5.41) is 0. The molecule has 1 aliphatic rings. The summed E-state index contributed by atoms with van der Waals surface area (Å²) < 4.78 is 2.50. The monoisotopic (exact) mass is 239 g/mol. The third-order valence-corrected chi connectivity index (χ3v) is 4.23. The number of aromatic nitrogens is 1. The van der Waals surface area contributed by atoms with Crippen molar-refractivity contribution in [2.75, 3.05) is 0 Å². The smallest absolute Gasteiger partial charge is 0.0333 e. The van der Waals surface area contributed by atoms with Crippen LogP contribution >= 0.6 is 0 Å². The number of nitrogens with zero attached hydrogens (tertiary/aromatic N) is 1. The quantitative estimate of drug-likeness (QED) is 0.697. The Kier molecular flexibility index (Phi) is 3.22. The summed E-state index contributed by atoms with van der Waals surface area (Å²) in [5.74, 6) is 0. The van der Waals surface area contributed by atoms with Crippen LogP contribution in [0.2, 0.25) is 0 Å². The SMILES string of the molecule is Cc1c(-c2ccccc2)ccn1C1CCCCC1. The van der Waals surface area contributed by atoms with Crippen molar-refractivity contribution in [3.63, 3.8) is 0 Å². The third kappa shape index (κ3) is 2.10. The van der Waals surface area contributed by atoms with Crippen LogP contribution in [0.1, 0.15) is 43.8 Å². The van der Waals surface area contributed by atoms with Crippen molar-refractivity contribution in [1.82, 2.24) is 4.57 Å². The van der Waals surface area contributed by atoms with Gasteiger partial charge in [0.1, 0.15) is 0 Å². The van der Waals surface area contributed by atoms with Gasteiger partial charge in [0.05, 0.1) is 0 Å². The second kappa shape index (κ2) is 5.01. The maximum atomic E-state index is 2.50. The first-order chi connectivity index (χ1) is 8.86. The molecule has 0 aliphatic heterocycles. The summed E-state index contributed by atoms with van der Waals surface area (Å²) in [6, 6.07) is 13.7. The predicted molar refractivity (Wildman–Crippen MR) is 76.7 cm³/mol. The molecule has 1 heterocycles. The standard InChI is InChI=1S/C17H21N/c1-14-17(15-8-4-2-5-9-15)12-13-18(14)16-10-6-3-7-11-16/h2,4-5,8-9,12-13,16H,3,6-7,10-11H2,1H3. The number of hydrogen-bond donors (Lipinski definition) is 0. The van der Waals surface area contributed by atoms with E-state index in [1.807, 2.05) is 0 Å². The predicted octanol–water partition coefficient (Wildman–Crippen LogP) is 4.97. The Labute approximate surface area is 109 Å². The molecule has 1 aromatic carbocycles. The van der Waals surface area contributed by atoms with Crippen molar-refractivity contribution in [2.45, 2.75) is 45.1 Å². The topological polar surface area (TPSA) is 4.93 Å². The highest BCUT2D eigenvalue weighted by Gasteiger charge is 2.17. The Morgan fingerprint density at radius 1 is 0.944 bits per heavy atom. The van der Waals surface area contributed by atoms with Gasteiger partial charge in [-0.25, -0.2) is 0 Å². The van der Waals surface area contributed by atoms with E-state index in [2.05, 4.69) is 54.1 Å². The van der Waals surface area contributed by atoms with E-state index in [4.69, 9.17) is 0 Å². The molecule has 1 aliphatic carbocycles. The average Bonchev–Trinajstić information content (AvgIpc) is 2.83. The van der Waals surface area contributed by atoms with Gasteiger partial charge in [-0.05, 0) is 31.4 Å². The zero-order valence-corrected chi connectivity index (χ0v) is 11.1. The molecule has 0 amide bonds. The van der Waals surface area contributed by atoms with Gasteiger partial charge in [0.15, 0.2) is 0 Å². The minimum atomic E-state index is 0.733. The lowest BCUT2D eigenvalue weighted by atomic mass is 9.95. The number of hydrogen-bond acceptors (Lipinski definition) is 0. The highest BCUT2D eigenvalue weighted by molar-refractivity contribution is 5.66. The van der Waals surface area contributed by atoms with E-state index in [0.717, 1.165) is 6.04 Å². The minimum absolute atomic E-state index is 0.733. The van der Waals surface area contributed by atoms with Crippen molar-refractivity contribution in [3.8, 4) is 11.1 Å². The largest absolute Gasteiger partial charge is 0.348 e. The van der Waals surface area contributed by atoms with E-state index in [1.54, 1.807) is 0 Å². The Bertz CT molecular complexity index is 504. The molecule has 0 spiro atoms. The lowest BCUT2D eigenvalue weighted by Gasteiger charge is -2.25. The summed E-state index contributed by atoms with van der Waals surface area (Å²) in [4.78, 5) is 0. The Balaban J connectivity index is 1.92. The molecular formula is C17H21N. The Morgan fingerprint density at radius 2 is 1.67 bits per heavy atom. The fraction of sp³-hybridized carbons (Fsp3) is 0.412. The van der Waals surface area contributed by atoms with Crippen LogP contribution in [0.4, 0.5) is 0 Å². The first-order valence-electron chi connectivity index (χ1n) is 7.09. The van der Waals surface area contributed by atoms with Gasteiger partial charge in [0.25, 0.3) is 0 Å². The van der Waals surface area contributed by atoms with Crippen LogP contribution in [-0.4, -0.2) is 4.57 Å². The molecule has 1 fully saturated rings. The second-order valence-electron chi connectivity index (χ2n) is 5.38. The molecule has 0 saturated heterocycles. The van der Waals surface area contributed by atoms with Crippen molar-refractivity contribution >= 4 is 0 Å². The van der Waals surface area contributed by atoms with E-state index in [1.165, 1.54) is 48.9 Å². The van der Waals surface area contributed by atoms with Crippen molar-refractivity contribution < 1.29 is 0 Å². The molecular weight excluding hydrogens is 218 g/mol. The normalized spacial score (nSPS) is 16.9. The summed E-state index contributed by atoms with van der Waals surface area (Å²) in [6.07, 6.45) is 9.19. The van der Waals surface area contributed by atoms with Gasteiger partial charge in [0, 0.05) is 23.5 Å². The maximum Gasteiger partial charge on any atom is 0.0333 e. The van der Waals surface area contributed by atoms with Crippen LogP contribution in [0.3, 0.4) is 0 Å². The van der Waals surface area contributed by atoms with E-state index >= 15 is 0 Å². The van der Waals surface area contributed by atoms with Crippen molar-refractivity contribution in [1.29, 1.82) is 0 Å². The molecule has 94 valence electrons. The molecule has 0 bridgehead atoms. The Morgan fingerprint density at radius 3 is 2.39 bits per heavy atom. The van der Waals surface area contributed by atoms with Gasteiger partial charge < -0.3 is 4.57 Å². The number of benzene rings is 1. The fourth-order valence-corrected chi connectivity index (χ4v) is 3.20. The summed E-state index contributed by atoms with van der Waals surface area (Å²) >= 11 is 0. The third-order valence-electron chi connectivity index (χ3n) is 4.23. The molecule has 0 atom stereocenters. The van der Waals surface area contributed by atoms with E-state index in [0.29, 0.717) is 0 Å². The second-order valence-corrected chi connectivity index (χ2v) is 5.38. The zero-order chi connectivity index (χ0) is 12.4. The van der Waals surface area contributed by atoms with E-state index in [-0.39, 0.29) is 0 Å². The lowest BCUT2D eigenvalue weighted by Crippen LogP contribution is -2.13. The van der Waals surface area contributed by atoms with Gasteiger partial charge in [0.2, 0.25) is 0 Å². The highest BCUT2D eigenvalue weighted by Crippen LogP contribution is 2.33. The molecule has 1 aromatic heterocycles. The molecule has 0 unspecified atom stereocenters. The molecule has 3 rings (SSSR count). The van der Waals surface area contributed by atoms with Gasteiger partial charge in [-0.15, -0.1) is 0 Å². The van der Waals surface area contributed by atoms with E-state index < -0.39 is 0 Å². The fourth-order valence-electron chi connectivity index (χ4n) is 3.20. The summed E-state index contributed by atoms with van der Waals surface area (Å²) in [5.41, 5.74) is 4.15. The van der Waals surface area contributed by atoms with Crippen LogP contribution in [-0.2, 0) is 0 Å². The van der Waals surface area contributed by atoms with Gasteiger partial charge in [-0.3, -0.25) is 0 Å². The van der Waals surface area contributed by atoms with Gasteiger partial charge in [-0.1, -0.05) is 49.6 Å². The summed E-state index contributed by atoms with van der Waals surface area (Å²) in [6.45, 7) is 2.26. The molecule has 1 saturated carbocycles. The summed E-state index contributed by atoms with van der Waals surface area (Å²) in [7, 11) is 0. The molecule has 0 radical (unpaired) electrons. The zero-order valence-electron chi connectivity index (χ0n) is 11.1. The van der Waals surface area contributed by atoms with Crippen LogP contribution < -0.4 is 0 Å². The first-order valence-corrected chi connectivity index (χ1v) is 7.09. The molecule has 2 aromatic rings. The minimum Gasteiger partial charge on any atom is -0.348 e. The van der Waals surface area contributed by atoms with Crippen LogP contribution in [0.15, 0.2) is 42.6 Å². The van der Waals surface area contributed by atoms with Crippen molar-refractivity contribution in [3.05, 3.63) is 48.3 Å². The Hall–Kier alpha value is -1.50. The van der Waals surface area contributed by atoms with Crippen LogP contribution in [0.25, 0.3) is 11.1 Å². The van der Waals surface area contributed by atoms with Crippen molar-refractivity contribution in [2.24, 2.45) is 0 Å². The lowest BCUT2D eigenvalue weighted by molar-refractivity contribution is 0.350. The maximum absolute atomic E-state index is 2.50. The molecule has 0 N–H and O–H groups in total. The van der Waals surface area contributed by atoms with Gasteiger partial charge in [-0.2, -0.15) is 0 Å². The number of rotatable bonds is 2. The molecule has 1 nitrogen and oxygen atoms in total.